The quantitative estimate of drug-likeness (QED) is 0.628. The van der Waals surface area contributed by atoms with E-state index in [2.05, 4.69) is 27.7 Å². The van der Waals surface area contributed by atoms with Crippen molar-refractivity contribution in [2.75, 3.05) is 19.7 Å². The van der Waals surface area contributed by atoms with Crippen LogP contribution in [0.3, 0.4) is 0 Å². The average Bonchev–Trinajstić information content (AvgIpc) is 3.00. The summed E-state index contributed by atoms with van der Waals surface area (Å²) in [5.41, 5.74) is 1.91. The van der Waals surface area contributed by atoms with Gasteiger partial charge in [0.1, 0.15) is 18.0 Å². The number of carbonyl (C=O) groups is 1. The highest BCUT2D eigenvalue weighted by Crippen LogP contribution is 2.38. The van der Waals surface area contributed by atoms with Gasteiger partial charge in [0, 0.05) is 17.4 Å². The lowest BCUT2D eigenvalue weighted by Gasteiger charge is -2.26. The van der Waals surface area contributed by atoms with Crippen molar-refractivity contribution in [1.29, 1.82) is 0 Å². The number of hydrogen-bond donors (Lipinski definition) is 1. The fraction of sp³-hybridized carbons (Fsp3) is 0.423. The largest absolute Gasteiger partial charge is 0.872 e. The van der Waals surface area contributed by atoms with Gasteiger partial charge in [0.05, 0.1) is 25.3 Å². The number of nitrogens with one attached hydrogen (secondary N) is 1. The van der Waals surface area contributed by atoms with E-state index in [0.29, 0.717) is 41.9 Å². The number of ketones is 1. The lowest BCUT2D eigenvalue weighted by molar-refractivity contribution is -0.919. The minimum Gasteiger partial charge on any atom is -0.872 e. The standard InChI is InChI=1S/C26H33NO4/c1-6-30-20-9-7-19(8-10-20)13-24-25(29)21-11-12-23(28)22(26(21)31-24)16-27(14-17(2)3)15-18(4)5/h7-13,17-18,28H,6,14-16H2,1-5H3/b24-13-. The Morgan fingerprint density at radius 2 is 1.68 bits per heavy atom. The Hall–Kier alpha value is -2.79. The zero-order valence-electron chi connectivity index (χ0n) is 19.2. The number of rotatable bonds is 9. The fourth-order valence-corrected chi connectivity index (χ4v) is 4.07. The van der Waals surface area contributed by atoms with Crippen LogP contribution in [-0.2, 0) is 6.54 Å². The summed E-state index contributed by atoms with van der Waals surface area (Å²) in [5, 5.41) is 12.7. The van der Waals surface area contributed by atoms with Crippen molar-refractivity contribution in [3.8, 4) is 17.2 Å². The number of allylic oxidation sites excluding steroid dienone is 1. The summed E-state index contributed by atoms with van der Waals surface area (Å²) in [6.45, 7) is 13.8. The second kappa shape index (κ2) is 10.0. The van der Waals surface area contributed by atoms with Crippen molar-refractivity contribution in [2.24, 2.45) is 11.8 Å². The third-order valence-electron chi connectivity index (χ3n) is 5.21. The molecule has 2 aromatic rings. The van der Waals surface area contributed by atoms with E-state index in [-0.39, 0.29) is 17.3 Å². The summed E-state index contributed by atoms with van der Waals surface area (Å²) in [4.78, 5) is 14.3. The van der Waals surface area contributed by atoms with Gasteiger partial charge < -0.3 is 19.5 Å². The molecule has 0 bridgehead atoms. The number of fused-ring (bicyclic) bond motifs is 1. The van der Waals surface area contributed by atoms with Gasteiger partial charge in [-0.25, -0.2) is 0 Å². The van der Waals surface area contributed by atoms with Crippen molar-refractivity contribution in [3.05, 3.63) is 58.8 Å². The van der Waals surface area contributed by atoms with E-state index in [9.17, 15) is 9.90 Å². The lowest BCUT2D eigenvalue weighted by atomic mass is 10.0. The fourth-order valence-electron chi connectivity index (χ4n) is 4.07. The zero-order valence-corrected chi connectivity index (χ0v) is 19.2. The molecule has 0 unspecified atom stereocenters. The van der Waals surface area contributed by atoms with Gasteiger partial charge in [0.15, 0.2) is 5.76 Å². The molecule has 0 aromatic heterocycles. The molecular weight excluding hydrogens is 390 g/mol. The van der Waals surface area contributed by atoms with E-state index < -0.39 is 0 Å². The van der Waals surface area contributed by atoms with Gasteiger partial charge in [0.25, 0.3) is 0 Å². The van der Waals surface area contributed by atoms with Crippen LogP contribution in [0.4, 0.5) is 0 Å². The third-order valence-corrected chi connectivity index (χ3v) is 5.21. The molecule has 0 amide bonds. The predicted octanol–water partition coefficient (Wildman–Crippen LogP) is 3.47. The summed E-state index contributed by atoms with van der Waals surface area (Å²) in [6.07, 6.45) is 1.72. The maximum absolute atomic E-state index is 12.9. The molecule has 5 heteroatoms. The second-order valence-corrected chi connectivity index (χ2v) is 8.98. The minimum atomic E-state index is -0.181. The number of carbonyl (C=O) groups excluding carboxylic acids is 1. The van der Waals surface area contributed by atoms with Crippen LogP contribution in [0.5, 0.6) is 17.2 Å². The normalized spacial score (nSPS) is 14.6. The summed E-state index contributed by atoms with van der Waals surface area (Å²) in [5.74, 6) is 2.23. The molecular formula is C26H33NO4. The predicted molar refractivity (Wildman–Crippen MR) is 121 cm³/mol. The van der Waals surface area contributed by atoms with E-state index >= 15 is 0 Å². The Kier molecular flexibility index (Phi) is 7.39. The first-order valence-corrected chi connectivity index (χ1v) is 11.1. The van der Waals surface area contributed by atoms with Crippen molar-refractivity contribution in [1.82, 2.24) is 0 Å². The molecule has 0 atom stereocenters. The first-order valence-electron chi connectivity index (χ1n) is 11.1. The molecule has 0 saturated carbocycles. The van der Waals surface area contributed by atoms with Crippen LogP contribution in [-0.4, -0.2) is 25.5 Å². The van der Waals surface area contributed by atoms with Gasteiger partial charge in [-0.15, -0.1) is 0 Å². The molecule has 0 radical (unpaired) electrons. The summed E-state index contributed by atoms with van der Waals surface area (Å²) in [7, 11) is 0. The highest BCUT2D eigenvalue weighted by atomic mass is 16.5. The van der Waals surface area contributed by atoms with Crippen LogP contribution in [0.1, 0.15) is 56.1 Å². The Morgan fingerprint density at radius 3 is 2.26 bits per heavy atom. The molecule has 2 aromatic carbocycles. The molecule has 5 nitrogen and oxygen atoms in total. The van der Waals surface area contributed by atoms with Crippen molar-refractivity contribution < 1.29 is 24.3 Å². The van der Waals surface area contributed by atoms with E-state index in [1.807, 2.05) is 31.2 Å². The molecule has 0 fully saturated rings. The topological polar surface area (TPSA) is 63.0 Å². The zero-order chi connectivity index (χ0) is 22.5. The molecule has 0 saturated heterocycles. The van der Waals surface area contributed by atoms with Crippen LogP contribution in [0.15, 0.2) is 42.2 Å². The van der Waals surface area contributed by atoms with Gasteiger partial charge in [-0.05, 0) is 36.8 Å². The molecule has 1 heterocycles. The molecule has 0 spiro atoms. The smallest absolute Gasteiger partial charge is 0.231 e. The van der Waals surface area contributed by atoms with Crippen LogP contribution in [0.25, 0.3) is 6.08 Å². The summed E-state index contributed by atoms with van der Waals surface area (Å²) >= 11 is 0. The molecule has 1 aliphatic rings. The highest BCUT2D eigenvalue weighted by Gasteiger charge is 2.31. The van der Waals surface area contributed by atoms with Gasteiger partial charge in [-0.3, -0.25) is 4.79 Å². The van der Waals surface area contributed by atoms with Gasteiger partial charge >= 0.3 is 0 Å². The number of hydrogen-bond acceptors (Lipinski definition) is 4. The van der Waals surface area contributed by atoms with Crippen LogP contribution in [0, 0.1) is 11.8 Å². The number of quaternary nitrogens is 1. The average molecular weight is 424 g/mol. The van der Waals surface area contributed by atoms with Gasteiger partial charge in [-0.2, -0.15) is 0 Å². The Labute approximate surface area is 185 Å². The summed E-state index contributed by atoms with van der Waals surface area (Å²) < 4.78 is 11.5. The van der Waals surface area contributed by atoms with E-state index in [1.165, 1.54) is 11.0 Å². The molecule has 3 rings (SSSR count). The first-order chi connectivity index (χ1) is 14.8. The molecule has 31 heavy (non-hydrogen) atoms. The van der Waals surface area contributed by atoms with E-state index in [4.69, 9.17) is 9.47 Å². The molecule has 0 aliphatic carbocycles. The first kappa shape index (κ1) is 22.9. The summed E-state index contributed by atoms with van der Waals surface area (Å²) in [6, 6.07) is 10.6. The minimum absolute atomic E-state index is 0.0705. The third kappa shape index (κ3) is 5.67. The van der Waals surface area contributed by atoms with Crippen molar-refractivity contribution >= 4 is 11.9 Å². The van der Waals surface area contributed by atoms with Crippen LogP contribution >= 0.6 is 0 Å². The van der Waals surface area contributed by atoms with Crippen LogP contribution in [0.2, 0.25) is 0 Å². The molecule has 1 N–H and O–H groups in total. The SMILES string of the molecule is CCOc1ccc(/C=C2\Oc3c(ccc([O-])c3C[NH+](CC(C)C)CC(C)C)C2=O)cc1. The van der Waals surface area contributed by atoms with E-state index in [0.717, 1.165) is 24.4 Å². The van der Waals surface area contributed by atoms with Gasteiger partial charge in [0.2, 0.25) is 5.78 Å². The van der Waals surface area contributed by atoms with Crippen molar-refractivity contribution in [2.45, 2.75) is 41.2 Å². The number of benzene rings is 2. The Balaban J connectivity index is 1.88. The Bertz CT molecular complexity index is 935. The number of Topliss-reactive ketones (excluding diaryl/α,β-unsaturated/α-hetero) is 1. The molecule has 166 valence electrons. The highest BCUT2D eigenvalue weighted by molar-refractivity contribution is 6.14. The maximum atomic E-state index is 12.9. The van der Waals surface area contributed by atoms with Gasteiger partial charge in [-0.1, -0.05) is 51.6 Å². The lowest BCUT2D eigenvalue weighted by Crippen LogP contribution is -3.11. The second-order valence-electron chi connectivity index (χ2n) is 8.98. The monoisotopic (exact) mass is 423 g/mol. The molecule has 1 aliphatic heterocycles. The number of ether oxygens (including phenoxy) is 2. The van der Waals surface area contributed by atoms with Crippen LogP contribution < -0.4 is 19.5 Å². The maximum Gasteiger partial charge on any atom is 0.231 e. The van der Waals surface area contributed by atoms with Crippen molar-refractivity contribution in [3.63, 3.8) is 0 Å². The Morgan fingerprint density at radius 1 is 1.03 bits per heavy atom. The van der Waals surface area contributed by atoms with E-state index in [1.54, 1.807) is 12.1 Å².